The van der Waals surface area contributed by atoms with E-state index in [1.165, 1.54) is 11.1 Å². The number of methoxy groups -OCH3 is 1. The Balaban J connectivity index is 1.57. The fourth-order valence-electron chi connectivity index (χ4n) is 4.55. The number of piperidine rings is 1. The molecule has 1 spiro atoms. The zero-order chi connectivity index (χ0) is 18.1. The van der Waals surface area contributed by atoms with Gasteiger partial charge >= 0.3 is 0 Å². The van der Waals surface area contributed by atoms with Crippen LogP contribution in [-0.4, -0.2) is 43.1 Å². The van der Waals surface area contributed by atoms with Crippen molar-refractivity contribution < 1.29 is 9.53 Å². The summed E-state index contributed by atoms with van der Waals surface area (Å²) < 4.78 is 5.22. The van der Waals surface area contributed by atoms with Crippen molar-refractivity contribution in [2.45, 2.75) is 30.6 Å². The maximum absolute atomic E-state index is 12.4. The molecule has 0 bridgehead atoms. The first-order chi connectivity index (χ1) is 12.7. The molecule has 0 saturated carbocycles. The molecule has 26 heavy (non-hydrogen) atoms. The number of carbonyl (C=O) groups is 1. The van der Waals surface area contributed by atoms with Crippen LogP contribution in [0.25, 0.3) is 0 Å². The number of aromatic nitrogens is 2. The summed E-state index contributed by atoms with van der Waals surface area (Å²) >= 11 is 0. The normalized spacial score (nSPS) is 20.7. The van der Waals surface area contributed by atoms with E-state index in [2.05, 4.69) is 38.4 Å². The summed E-state index contributed by atoms with van der Waals surface area (Å²) in [5.74, 6) is 1.57. The van der Waals surface area contributed by atoms with Gasteiger partial charge in [-0.25, -0.2) is 9.97 Å². The predicted octanol–water partition coefficient (Wildman–Crippen LogP) is 2.26. The molecule has 1 aliphatic heterocycles. The molecule has 0 radical (unpaired) electrons. The fraction of sp³-hybridized carbons (Fsp3) is 0.450. The van der Waals surface area contributed by atoms with E-state index >= 15 is 0 Å². The van der Waals surface area contributed by atoms with Gasteiger partial charge in [0.15, 0.2) is 0 Å². The number of hydrogen-bond donors (Lipinski definition) is 1. The first kappa shape index (κ1) is 16.8. The van der Waals surface area contributed by atoms with Gasteiger partial charge in [-0.05, 0) is 30.4 Å². The van der Waals surface area contributed by atoms with E-state index < -0.39 is 0 Å². The monoisotopic (exact) mass is 352 g/mol. The smallest absolute Gasteiger partial charge is 0.227 e. The number of fused-ring (bicyclic) bond motifs is 2. The second-order valence-electron chi connectivity index (χ2n) is 7.14. The lowest BCUT2D eigenvalue weighted by Gasteiger charge is -2.40. The topological polar surface area (TPSA) is 67.4 Å². The third kappa shape index (κ3) is 2.69. The van der Waals surface area contributed by atoms with Crippen molar-refractivity contribution in [3.05, 3.63) is 47.8 Å². The zero-order valence-corrected chi connectivity index (χ0v) is 15.2. The average molecular weight is 352 g/mol. The number of benzene rings is 1. The van der Waals surface area contributed by atoms with Crippen LogP contribution < -0.4 is 15.0 Å². The minimum Gasteiger partial charge on any atom is -0.481 e. The molecule has 1 aliphatic carbocycles. The molecule has 1 aromatic carbocycles. The molecule has 4 rings (SSSR count). The number of nitrogens with zero attached hydrogens (tertiary/aromatic N) is 3. The number of amides is 1. The van der Waals surface area contributed by atoms with Crippen LogP contribution in [0.1, 0.15) is 36.3 Å². The second-order valence-corrected chi connectivity index (χ2v) is 7.14. The van der Waals surface area contributed by atoms with Crippen LogP contribution in [0.2, 0.25) is 0 Å². The van der Waals surface area contributed by atoms with E-state index in [1.807, 2.05) is 12.1 Å². The highest BCUT2D eigenvalue weighted by atomic mass is 16.5. The van der Waals surface area contributed by atoms with E-state index in [-0.39, 0.29) is 17.2 Å². The molecule has 2 aliphatic rings. The maximum Gasteiger partial charge on any atom is 0.227 e. The predicted molar refractivity (Wildman–Crippen MR) is 99.6 cm³/mol. The van der Waals surface area contributed by atoms with Crippen LogP contribution in [0.5, 0.6) is 5.88 Å². The standard InChI is InChI=1S/C20H24N4O2/c1-21-19(25)15-12-20(16-6-4-3-5-14(15)16)7-9-24(10-8-20)17-11-18(26-2)23-13-22-17/h3-6,11,13,15H,7-10,12H2,1-2H3,(H,21,25). The Kier molecular flexibility index (Phi) is 4.26. The van der Waals surface area contributed by atoms with E-state index in [9.17, 15) is 4.79 Å². The average Bonchev–Trinajstić information content (AvgIpc) is 3.02. The highest BCUT2D eigenvalue weighted by molar-refractivity contribution is 5.85. The quantitative estimate of drug-likeness (QED) is 0.918. The van der Waals surface area contributed by atoms with Gasteiger partial charge in [0.25, 0.3) is 0 Å². The molecule has 6 nitrogen and oxygen atoms in total. The van der Waals surface area contributed by atoms with Crippen molar-refractivity contribution in [2.75, 3.05) is 32.1 Å². The molecule has 6 heteroatoms. The van der Waals surface area contributed by atoms with Crippen LogP contribution >= 0.6 is 0 Å². The number of likely N-dealkylation sites (N-methyl/N-ethyl adjacent to an activating group) is 1. The van der Waals surface area contributed by atoms with Crippen LogP contribution in [-0.2, 0) is 10.2 Å². The Morgan fingerprint density at radius 2 is 2.04 bits per heavy atom. The van der Waals surface area contributed by atoms with E-state index in [1.54, 1.807) is 20.5 Å². The first-order valence-corrected chi connectivity index (χ1v) is 9.09. The summed E-state index contributed by atoms with van der Waals surface area (Å²) in [7, 11) is 3.34. The lowest BCUT2D eigenvalue weighted by atomic mass is 9.73. The largest absolute Gasteiger partial charge is 0.481 e. The number of rotatable bonds is 3. The van der Waals surface area contributed by atoms with Crippen LogP contribution in [0.3, 0.4) is 0 Å². The van der Waals surface area contributed by atoms with Gasteiger partial charge in [0.1, 0.15) is 12.1 Å². The lowest BCUT2D eigenvalue weighted by molar-refractivity contribution is -0.122. The molecule has 1 fully saturated rings. The molecule has 1 amide bonds. The summed E-state index contributed by atoms with van der Waals surface area (Å²) in [6.07, 6.45) is 4.48. The molecule has 2 aromatic rings. The Hall–Kier alpha value is -2.63. The van der Waals surface area contributed by atoms with Crippen molar-refractivity contribution in [1.82, 2.24) is 15.3 Å². The van der Waals surface area contributed by atoms with Crippen molar-refractivity contribution in [3.63, 3.8) is 0 Å². The maximum atomic E-state index is 12.4. The zero-order valence-electron chi connectivity index (χ0n) is 15.2. The molecule has 2 heterocycles. The number of hydrogen-bond acceptors (Lipinski definition) is 5. The second kappa shape index (κ2) is 6.59. The van der Waals surface area contributed by atoms with Gasteiger partial charge in [0, 0.05) is 31.6 Å². The minimum atomic E-state index is -0.0399. The SMILES string of the molecule is CNC(=O)C1CC2(CCN(c3cc(OC)ncn3)CC2)c2ccccc21. The van der Waals surface area contributed by atoms with E-state index in [0.717, 1.165) is 38.2 Å². The van der Waals surface area contributed by atoms with Crippen LogP contribution in [0.15, 0.2) is 36.7 Å². The van der Waals surface area contributed by atoms with Crippen molar-refractivity contribution in [3.8, 4) is 5.88 Å². The van der Waals surface area contributed by atoms with Gasteiger partial charge in [0.2, 0.25) is 11.8 Å². The van der Waals surface area contributed by atoms with Crippen molar-refractivity contribution in [2.24, 2.45) is 0 Å². The first-order valence-electron chi connectivity index (χ1n) is 9.09. The van der Waals surface area contributed by atoms with E-state index in [0.29, 0.717) is 5.88 Å². The number of ether oxygens (including phenoxy) is 1. The summed E-state index contributed by atoms with van der Waals surface area (Å²) in [6.45, 7) is 1.82. The van der Waals surface area contributed by atoms with Crippen molar-refractivity contribution >= 4 is 11.7 Å². The third-order valence-electron chi connectivity index (χ3n) is 5.95. The Labute approximate surface area is 153 Å². The van der Waals surface area contributed by atoms with Gasteiger partial charge < -0.3 is 15.0 Å². The van der Waals surface area contributed by atoms with Gasteiger partial charge in [-0.2, -0.15) is 0 Å². The highest BCUT2D eigenvalue weighted by Gasteiger charge is 2.47. The Bertz CT molecular complexity index is 815. The van der Waals surface area contributed by atoms with Gasteiger partial charge in [-0.1, -0.05) is 24.3 Å². The lowest BCUT2D eigenvalue weighted by Crippen LogP contribution is -2.42. The molecule has 1 N–H and O–H groups in total. The van der Waals surface area contributed by atoms with Crippen LogP contribution in [0.4, 0.5) is 5.82 Å². The van der Waals surface area contributed by atoms with Gasteiger partial charge in [0.05, 0.1) is 13.0 Å². The highest BCUT2D eigenvalue weighted by Crippen LogP contribution is 2.51. The van der Waals surface area contributed by atoms with Crippen molar-refractivity contribution in [1.29, 1.82) is 0 Å². The van der Waals surface area contributed by atoms with Crippen LogP contribution in [0, 0.1) is 0 Å². The summed E-state index contributed by atoms with van der Waals surface area (Å²) in [6, 6.07) is 10.3. The molecular formula is C20H24N4O2. The summed E-state index contributed by atoms with van der Waals surface area (Å²) in [4.78, 5) is 23.2. The number of carbonyl (C=O) groups excluding carboxylic acids is 1. The van der Waals surface area contributed by atoms with Gasteiger partial charge in [-0.15, -0.1) is 0 Å². The molecule has 1 saturated heterocycles. The van der Waals surface area contributed by atoms with Gasteiger partial charge in [-0.3, -0.25) is 4.79 Å². The summed E-state index contributed by atoms with van der Waals surface area (Å²) in [5, 5.41) is 2.84. The Morgan fingerprint density at radius 3 is 2.77 bits per heavy atom. The number of anilines is 1. The molecule has 1 atom stereocenters. The molecule has 136 valence electrons. The molecule has 1 aromatic heterocycles. The number of nitrogens with one attached hydrogen (secondary N) is 1. The molecule has 1 unspecified atom stereocenters. The Morgan fingerprint density at radius 1 is 1.27 bits per heavy atom. The molecular weight excluding hydrogens is 328 g/mol. The fourth-order valence-corrected chi connectivity index (χ4v) is 4.55. The van der Waals surface area contributed by atoms with E-state index in [4.69, 9.17) is 4.74 Å². The minimum absolute atomic E-state index is 0.0399. The summed E-state index contributed by atoms with van der Waals surface area (Å²) in [5.41, 5.74) is 2.64. The third-order valence-corrected chi connectivity index (χ3v) is 5.95.